The molecular weight excluding hydrogens is 186 g/mol. The van der Waals surface area contributed by atoms with Crippen LogP contribution >= 0.6 is 11.6 Å². The molecule has 0 heterocycles. The fourth-order valence-corrected chi connectivity index (χ4v) is 1.33. The van der Waals surface area contributed by atoms with Gasteiger partial charge in [-0.05, 0) is 5.41 Å². The van der Waals surface area contributed by atoms with Crippen LogP contribution in [0, 0.1) is 5.41 Å². The second-order valence-electron chi connectivity index (χ2n) is 3.61. The summed E-state index contributed by atoms with van der Waals surface area (Å²) in [6.07, 6.45) is 0. The molecule has 0 aliphatic rings. The maximum atomic E-state index is 10.8. The van der Waals surface area contributed by atoms with Crippen molar-refractivity contribution in [2.45, 2.75) is 20.8 Å². The Balaban J connectivity index is 3.91. The first kappa shape index (κ1) is 11.2. The fraction of sp³-hybridized carbons (Fsp3) is 1.00. The summed E-state index contributed by atoms with van der Waals surface area (Å²) >= 11 is 5.17. The van der Waals surface area contributed by atoms with Gasteiger partial charge in [0.2, 0.25) is 10.0 Å². The summed E-state index contributed by atoms with van der Waals surface area (Å²) in [6, 6.07) is 0. The fourth-order valence-electron chi connectivity index (χ4n) is 0.365. The highest BCUT2D eigenvalue weighted by molar-refractivity contribution is 7.90. The summed E-state index contributed by atoms with van der Waals surface area (Å²) in [5, 5.41) is -0.372. The molecule has 0 saturated heterocycles. The Kier molecular flexibility index (Phi) is 3.80. The molecule has 0 aromatic carbocycles. The Hall–Kier alpha value is 0.200. The van der Waals surface area contributed by atoms with E-state index in [1.54, 1.807) is 0 Å². The normalized spacial score (nSPS) is 13.5. The summed E-state index contributed by atoms with van der Waals surface area (Å²) in [5.41, 5.74) is -0.0425. The van der Waals surface area contributed by atoms with E-state index in [0.29, 0.717) is 6.54 Å². The lowest BCUT2D eigenvalue weighted by molar-refractivity contribution is 0.408. The highest BCUT2D eigenvalue weighted by atomic mass is 35.5. The average molecular weight is 200 g/mol. The quantitative estimate of drug-likeness (QED) is 0.694. The molecule has 0 aromatic rings. The minimum absolute atomic E-state index is 0.0425. The second-order valence-corrected chi connectivity index (χ2v) is 6.00. The van der Waals surface area contributed by atoms with Gasteiger partial charge in [-0.15, -0.1) is 11.6 Å². The van der Waals surface area contributed by atoms with Gasteiger partial charge in [-0.1, -0.05) is 20.8 Å². The van der Waals surface area contributed by atoms with Gasteiger partial charge < -0.3 is 0 Å². The zero-order valence-electron chi connectivity index (χ0n) is 7.02. The molecule has 0 spiro atoms. The van der Waals surface area contributed by atoms with E-state index in [0.717, 1.165) is 0 Å². The van der Waals surface area contributed by atoms with Gasteiger partial charge in [0, 0.05) is 6.54 Å². The van der Waals surface area contributed by atoms with Crippen molar-refractivity contribution in [1.82, 2.24) is 4.72 Å². The molecule has 68 valence electrons. The van der Waals surface area contributed by atoms with E-state index in [1.165, 1.54) is 0 Å². The average Bonchev–Trinajstić information content (AvgIpc) is 1.83. The Morgan fingerprint density at radius 3 is 2.09 bits per heavy atom. The predicted molar refractivity (Wildman–Crippen MR) is 47.1 cm³/mol. The molecule has 0 atom stereocenters. The molecule has 0 aliphatic heterocycles. The largest absolute Gasteiger partial charge is 0.225 e. The molecule has 0 aliphatic carbocycles. The minimum Gasteiger partial charge on any atom is -0.214 e. The van der Waals surface area contributed by atoms with Crippen molar-refractivity contribution in [3.63, 3.8) is 0 Å². The number of halogens is 1. The summed E-state index contributed by atoms with van der Waals surface area (Å²) in [5.74, 6) is 0. The number of hydrogen-bond donors (Lipinski definition) is 1. The molecule has 1 N–H and O–H groups in total. The molecular formula is C6H14ClNO2S. The van der Waals surface area contributed by atoms with Crippen molar-refractivity contribution in [3.05, 3.63) is 0 Å². The zero-order valence-corrected chi connectivity index (χ0v) is 8.59. The first-order valence-electron chi connectivity index (χ1n) is 3.30. The van der Waals surface area contributed by atoms with Gasteiger partial charge in [-0.25, -0.2) is 13.1 Å². The standard InChI is InChI=1S/C6H14ClNO2S/c1-6(2,3)4-8-11(9,10)5-7/h8H,4-5H2,1-3H3. The Morgan fingerprint density at radius 2 is 1.82 bits per heavy atom. The SMILES string of the molecule is CC(C)(C)CNS(=O)(=O)CCl. The van der Waals surface area contributed by atoms with Crippen LogP contribution in [-0.2, 0) is 10.0 Å². The topological polar surface area (TPSA) is 46.2 Å². The first-order chi connectivity index (χ1) is 4.77. The van der Waals surface area contributed by atoms with Gasteiger partial charge in [-0.2, -0.15) is 0 Å². The lowest BCUT2D eigenvalue weighted by Crippen LogP contribution is -2.32. The van der Waals surface area contributed by atoms with Gasteiger partial charge >= 0.3 is 0 Å². The highest BCUT2D eigenvalue weighted by Gasteiger charge is 2.14. The van der Waals surface area contributed by atoms with Gasteiger partial charge in [0.05, 0.1) is 0 Å². The van der Waals surface area contributed by atoms with E-state index in [1.807, 2.05) is 20.8 Å². The monoisotopic (exact) mass is 199 g/mol. The van der Waals surface area contributed by atoms with Crippen LogP contribution in [0.1, 0.15) is 20.8 Å². The Labute approximate surface area is 73.2 Å². The van der Waals surface area contributed by atoms with Gasteiger partial charge in [-0.3, -0.25) is 0 Å². The maximum Gasteiger partial charge on any atom is 0.225 e. The summed E-state index contributed by atoms with van der Waals surface area (Å²) in [6.45, 7) is 6.26. The number of rotatable bonds is 3. The molecule has 5 heteroatoms. The van der Waals surface area contributed by atoms with Crippen LogP contribution < -0.4 is 4.72 Å². The van der Waals surface area contributed by atoms with Crippen molar-refractivity contribution < 1.29 is 8.42 Å². The van der Waals surface area contributed by atoms with Crippen molar-refractivity contribution in [2.24, 2.45) is 5.41 Å². The molecule has 0 unspecified atom stereocenters. The van der Waals surface area contributed by atoms with Crippen molar-refractivity contribution in [1.29, 1.82) is 0 Å². The summed E-state index contributed by atoms with van der Waals surface area (Å²) in [4.78, 5) is 0. The van der Waals surface area contributed by atoms with Crippen LogP contribution in [0.5, 0.6) is 0 Å². The van der Waals surface area contributed by atoms with Crippen molar-refractivity contribution in [3.8, 4) is 0 Å². The Morgan fingerprint density at radius 1 is 1.36 bits per heavy atom. The van der Waals surface area contributed by atoms with Crippen LogP contribution in [0.4, 0.5) is 0 Å². The molecule has 0 rings (SSSR count). The smallest absolute Gasteiger partial charge is 0.214 e. The minimum atomic E-state index is -3.24. The van der Waals surface area contributed by atoms with Crippen molar-refractivity contribution in [2.75, 3.05) is 11.8 Å². The Bertz CT molecular complexity index is 205. The van der Waals surface area contributed by atoms with E-state index in [4.69, 9.17) is 11.6 Å². The molecule has 0 fully saturated rings. The number of sulfonamides is 1. The van der Waals surface area contributed by atoms with Gasteiger partial charge in [0.1, 0.15) is 5.21 Å². The zero-order chi connectivity index (χ0) is 9.12. The maximum absolute atomic E-state index is 10.8. The van der Waals surface area contributed by atoms with Crippen LogP contribution in [0.2, 0.25) is 0 Å². The summed E-state index contributed by atoms with van der Waals surface area (Å²) in [7, 11) is -3.24. The third-order valence-corrected chi connectivity index (χ3v) is 2.70. The predicted octanol–water partition coefficient (Wildman–Crippen LogP) is 1.15. The van der Waals surface area contributed by atoms with Crippen LogP contribution in [0.3, 0.4) is 0 Å². The highest BCUT2D eigenvalue weighted by Crippen LogP contribution is 2.10. The second kappa shape index (κ2) is 3.74. The van der Waals surface area contributed by atoms with E-state index in [2.05, 4.69) is 4.72 Å². The number of hydrogen-bond acceptors (Lipinski definition) is 2. The van der Waals surface area contributed by atoms with E-state index in [-0.39, 0.29) is 10.6 Å². The van der Waals surface area contributed by atoms with Crippen LogP contribution in [-0.4, -0.2) is 20.2 Å². The molecule has 11 heavy (non-hydrogen) atoms. The molecule has 0 saturated carbocycles. The number of alkyl halides is 1. The van der Waals surface area contributed by atoms with Crippen LogP contribution in [0.15, 0.2) is 0 Å². The van der Waals surface area contributed by atoms with E-state index >= 15 is 0 Å². The molecule has 0 radical (unpaired) electrons. The molecule has 0 aromatic heterocycles. The third-order valence-electron chi connectivity index (χ3n) is 0.966. The van der Waals surface area contributed by atoms with Gasteiger partial charge in [0.15, 0.2) is 0 Å². The van der Waals surface area contributed by atoms with E-state index in [9.17, 15) is 8.42 Å². The molecule has 0 amide bonds. The lowest BCUT2D eigenvalue weighted by atomic mass is 9.98. The lowest BCUT2D eigenvalue weighted by Gasteiger charge is -2.17. The van der Waals surface area contributed by atoms with Crippen molar-refractivity contribution >= 4 is 21.6 Å². The molecule has 0 bridgehead atoms. The van der Waals surface area contributed by atoms with Crippen LogP contribution in [0.25, 0.3) is 0 Å². The van der Waals surface area contributed by atoms with Gasteiger partial charge in [0.25, 0.3) is 0 Å². The summed E-state index contributed by atoms with van der Waals surface area (Å²) < 4.78 is 24.0. The third kappa shape index (κ3) is 6.59. The van der Waals surface area contributed by atoms with E-state index < -0.39 is 10.0 Å². The molecule has 3 nitrogen and oxygen atoms in total. The first-order valence-corrected chi connectivity index (χ1v) is 5.49. The number of nitrogens with one attached hydrogen (secondary N) is 1.